The number of carbonyl (C=O) groups is 1. The minimum atomic E-state index is -5.08. The minimum Gasteiger partial charge on any atom is -0.475 e. The van der Waals surface area contributed by atoms with Crippen LogP contribution in [0, 0.1) is 11.8 Å². The van der Waals surface area contributed by atoms with E-state index in [2.05, 4.69) is 4.90 Å². The average molecular weight is 457 g/mol. The number of rotatable bonds is 4. The van der Waals surface area contributed by atoms with Gasteiger partial charge in [0.15, 0.2) is 0 Å². The van der Waals surface area contributed by atoms with Crippen molar-refractivity contribution < 1.29 is 36.2 Å². The Balaban J connectivity index is 0.000000298. The number of hydrogen-bond donors (Lipinski definition) is 1. The monoisotopic (exact) mass is 456 g/mol. The van der Waals surface area contributed by atoms with Gasteiger partial charge >= 0.3 is 12.1 Å². The number of halogens is 3. The summed E-state index contributed by atoms with van der Waals surface area (Å²) in [5.74, 6) is -1.52. The number of fused-ring (bicyclic) bond motifs is 1. The normalized spacial score (nSPS) is 26.3. The van der Waals surface area contributed by atoms with Crippen molar-refractivity contribution in [3.63, 3.8) is 0 Å². The van der Waals surface area contributed by atoms with E-state index in [9.17, 15) is 21.6 Å². The van der Waals surface area contributed by atoms with Crippen molar-refractivity contribution in [3.8, 4) is 0 Å². The fourth-order valence-electron chi connectivity index (χ4n) is 3.92. The van der Waals surface area contributed by atoms with E-state index in [1.807, 2.05) is 5.38 Å². The molecule has 1 aromatic heterocycles. The Morgan fingerprint density at radius 2 is 1.90 bits per heavy atom. The van der Waals surface area contributed by atoms with E-state index in [-0.39, 0.29) is 6.04 Å². The molecule has 0 radical (unpaired) electrons. The molecule has 0 spiro atoms. The summed E-state index contributed by atoms with van der Waals surface area (Å²) in [6, 6.07) is 3.70. The van der Waals surface area contributed by atoms with E-state index in [0.29, 0.717) is 22.6 Å². The van der Waals surface area contributed by atoms with Crippen molar-refractivity contribution >= 4 is 27.3 Å². The lowest BCUT2D eigenvalue weighted by atomic mass is 9.96. The van der Waals surface area contributed by atoms with Gasteiger partial charge in [0.25, 0.3) is 10.0 Å². The van der Waals surface area contributed by atoms with Gasteiger partial charge in [-0.3, -0.25) is 0 Å². The van der Waals surface area contributed by atoms with E-state index in [1.54, 1.807) is 16.4 Å². The number of thiophene rings is 1. The Morgan fingerprint density at radius 1 is 1.24 bits per heavy atom. The van der Waals surface area contributed by atoms with Gasteiger partial charge in [0.2, 0.25) is 0 Å². The number of ether oxygens (including phenoxy) is 1. The maximum absolute atomic E-state index is 12.6. The molecular weight excluding hydrogens is 433 g/mol. The van der Waals surface area contributed by atoms with Crippen LogP contribution in [0.4, 0.5) is 13.2 Å². The third-order valence-corrected chi connectivity index (χ3v) is 8.69. The highest BCUT2D eigenvalue weighted by atomic mass is 32.2. The second-order valence-corrected chi connectivity index (χ2v) is 10.5. The first-order chi connectivity index (χ1) is 13.6. The second kappa shape index (κ2) is 8.88. The van der Waals surface area contributed by atoms with Gasteiger partial charge in [-0.05, 0) is 30.2 Å². The van der Waals surface area contributed by atoms with Crippen LogP contribution in [0.15, 0.2) is 21.7 Å². The Bertz CT molecular complexity index is 794. The van der Waals surface area contributed by atoms with Gasteiger partial charge < -0.3 is 14.7 Å². The third-order valence-electron chi connectivity index (χ3n) is 5.42. The van der Waals surface area contributed by atoms with Crippen LogP contribution in [0.1, 0.15) is 12.8 Å². The van der Waals surface area contributed by atoms with Crippen molar-refractivity contribution in [2.75, 3.05) is 39.4 Å². The molecule has 164 valence electrons. The Hall–Kier alpha value is -1.21. The highest BCUT2D eigenvalue weighted by Crippen LogP contribution is 2.38. The zero-order valence-corrected chi connectivity index (χ0v) is 17.2. The van der Waals surface area contributed by atoms with Crippen LogP contribution in [-0.4, -0.2) is 80.3 Å². The molecule has 3 aliphatic rings. The molecule has 0 bridgehead atoms. The molecule has 0 amide bonds. The molecule has 7 nitrogen and oxygen atoms in total. The summed E-state index contributed by atoms with van der Waals surface area (Å²) in [5, 5.41) is 8.95. The minimum absolute atomic E-state index is 0.187. The van der Waals surface area contributed by atoms with Crippen LogP contribution in [-0.2, 0) is 19.6 Å². The molecule has 12 heteroatoms. The second-order valence-electron chi connectivity index (χ2n) is 7.41. The van der Waals surface area contributed by atoms with Crippen molar-refractivity contribution in [2.24, 2.45) is 11.8 Å². The van der Waals surface area contributed by atoms with Gasteiger partial charge in [-0.25, -0.2) is 13.2 Å². The summed E-state index contributed by atoms with van der Waals surface area (Å²) in [7, 11) is -3.26. The molecule has 29 heavy (non-hydrogen) atoms. The van der Waals surface area contributed by atoms with Crippen molar-refractivity contribution in [1.29, 1.82) is 0 Å². The van der Waals surface area contributed by atoms with Crippen LogP contribution in [0.25, 0.3) is 0 Å². The van der Waals surface area contributed by atoms with Crippen LogP contribution < -0.4 is 0 Å². The predicted octanol–water partition coefficient (Wildman–Crippen LogP) is 2.11. The highest BCUT2D eigenvalue weighted by Gasteiger charge is 2.51. The van der Waals surface area contributed by atoms with Gasteiger partial charge in [0.1, 0.15) is 4.21 Å². The Morgan fingerprint density at radius 3 is 2.45 bits per heavy atom. The number of alkyl halides is 3. The summed E-state index contributed by atoms with van der Waals surface area (Å²) < 4.78 is 64.6. The number of nitrogens with zero attached hydrogens (tertiary/aromatic N) is 2. The van der Waals surface area contributed by atoms with Gasteiger partial charge in [-0.1, -0.05) is 6.07 Å². The Labute approximate surface area is 171 Å². The first-order valence-electron chi connectivity index (χ1n) is 9.24. The van der Waals surface area contributed by atoms with E-state index < -0.39 is 22.2 Å². The van der Waals surface area contributed by atoms with E-state index in [4.69, 9.17) is 14.6 Å². The predicted molar refractivity (Wildman–Crippen MR) is 99.2 cm³/mol. The number of aliphatic carboxylic acids is 1. The van der Waals surface area contributed by atoms with Crippen molar-refractivity contribution in [3.05, 3.63) is 17.5 Å². The van der Waals surface area contributed by atoms with Gasteiger partial charge in [-0.15, -0.1) is 11.3 Å². The summed E-state index contributed by atoms with van der Waals surface area (Å²) in [6.45, 7) is 5.50. The lowest BCUT2D eigenvalue weighted by molar-refractivity contribution is -0.192. The first kappa shape index (κ1) is 22.5. The van der Waals surface area contributed by atoms with Crippen LogP contribution in [0.5, 0.6) is 0 Å². The molecule has 3 aliphatic heterocycles. The molecule has 0 aliphatic carbocycles. The first-order valence-corrected chi connectivity index (χ1v) is 11.6. The molecule has 2 atom stereocenters. The van der Waals surface area contributed by atoms with Crippen LogP contribution in [0.2, 0.25) is 0 Å². The third kappa shape index (κ3) is 5.29. The van der Waals surface area contributed by atoms with Gasteiger partial charge in [0.05, 0.1) is 0 Å². The smallest absolute Gasteiger partial charge is 0.475 e. The fourth-order valence-corrected chi connectivity index (χ4v) is 6.77. The fraction of sp³-hybridized carbons (Fsp3) is 0.706. The van der Waals surface area contributed by atoms with E-state index >= 15 is 0 Å². The molecule has 0 unspecified atom stereocenters. The quantitative estimate of drug-likeness (QED) is 0.747. The lowest BCUT2D eigenvalue weighted by Gasteiger charge is -2.41. The van der Waals surface area contributed by atoms with Crippen molar-refractivity contribution in [1.82, 2.24) is 9.21 Å². The standard InChI is InChI=1S/C15H22N2O3S2.C2HF3O2/c18-22(19,15-2-1-7-21-15)17-10-13-9-16(11-14(13)17)8-12-3-5-20-6-4-12;3-2(4,5)1(6)7/h1-2,7,12-14H,3-6,8-11H2;(H,6,7)/t13-,14-;/m0./s1. The number of hydrogen-bond acceptors (Lipinski definition) is 6. The molecule has 4 heterocycles. The van der Waals surface area contributed by atoms with Crippen molar-refractivity contribution in [2.45, 2.75) is 29.3 Å². The van der Waals surface area contributed by atoms with Crippen LogP contribution in [0.3, 0.4) is 0 Å². The summed E-state index contributed by atoms with van der Waals surface area (Å²) >= 11 is 1.31. The largest absolute Gasteiger partial charge is 0.490 e. The summed E-state index contributed by atoms with van der Waals surface area (Å²) in [4.78, 5) is 11.4. The highest BCUT2D eigenvalue weighted by molar-refractivity contribution is 7.91. The van der Waals surface area contributed by atoms with Crippen LogP contribution >= 0.6 is 11.3 Å². The number of likely N-dealkylation sites (tertiary alicyclic amines) is 1. The number of sulfonamides is 1. The molecular formula is C17H23F3N2O5S2. The number of carboxylic acid groups (broad SMARTS) is 1. The molecule has 3 fully saturated rings. The Kier molecular flexibility index (Phi) is 6.88. The summed E-state index contributed by atoms with van der Waals surface area (Å²) in [6.07, 6.45) is -2.80. The van der Waals surface area contributed by atoms with Gasteiger partial charge in [0, 0.05) is 51.4 Å². The zero-order chi connectivity index (χ0) is 21.2. The zero-order valence-electron chi connectivity index (χ0n) is 15.5. The molecule has 4 rings (SSSR count). The maximum atomic E-state index is 12.6. The van der Waals surface area contributed by atoms with Gasteiger partial charge in [-0.2, -0.15) is 17.5 Å². The molecule has 0 aromatic carbocycles. The summed E-state index contributed by atoms with van der Waals surface area (Å²) in [5.41, 5.74) is 0. The van der Waals surface area contributed by atoms with E-state index in [0.717, 1.165) is 45.7 Å². The molecule has 3 saturated heterocycles. The average Bonchev–Trinajstić information content (AvgIpc) is 3.27. The molecule has 0 saturated carbocycles. The molecule has 1 N–H and O–H groups in total. The maximum Gasteiger partial charge on any atom is 0.490 e. The SMILES string of the molecule is O=C(O)C(F)(F)F.O=S(=O)(c1cccs1)N1C[C@@H]2CN(CC3CCOCC3)C[C@@H]21. The topological polar surface area (TPSA) is 87.1 Å². The molecule has 1 aromatic rings. The van der Waals surface area contributed by atoms with E-state index in [1.165, 1.54) is 11.3 Å². The number of carboxylic acids is 1. The lowest BCUT2D eigenvalue weighted by Crippen LogP contribution is -2.57.